The normalized spacial score (nSPS) is 12.0. The van der Waals surface area contributed by atoms with Crippen molar-refractivity contribution in [3.05, 3.63) is 164 Å². The summed E-state index contributed by atoms with van der Waals surface area (Å²) >= 11 is 0. The van der Waals surface area contributed by atoms with Crippen molar-refractivity contribution in [1.29, 1.82) is 0 Å². The molecule has 0 aliphatic heterocycles. The Morgan fingerprint density at radius 1 is 0.320 bits per heavy atom. The van der Waals surface area contributed by atoms with E-state index in [1.165, 1.54) is 5.39 Å². The van der Waals surface area contributed by atoms with Crippen LogP contribution in [0.4, 0.5) is 17.1 Å². The molecule has 0 saturated heterocycles. The highest BCUT2D eigenvalue weighted by molar-refractivity contribution is 6.18. The highest BCUT2D eigenvalue weighted by atomic mass is 16.3. The fourth-order valence-corrected chi connectivity index (χ4v) is 7.74. The van der Waals surface area contributed by atoms with Crippen LogP contribution in [0.15, 0.2) is 177 Å². The zero-order valence-electron chi connectivity index (χ0n) is 26.8. The van der Waals surface area contributed by atoms with Gasteiger partial charge in [0.2, 0.25) is 0 Å². The quantitative estimate of drug-likeness (QED) is 0.192. The van der Waals surface area contributed by atoms with Gasteiger partial charge in [0.15, 0.2) is 0 Å². The lowest BCUT2D eigenvalue weighted by Gasteiger charge is -2.25. The largest absolute Gasteiger partial charge is 0.456 e. The smallest absolute Gasteiger partial charge is 0.143 e. The van der Waals surface area contributed by atoms with Crippen molar-refractivity contribution in [3.63, 3.8) is 0 Å². The molecule has 0 bridgehead atoms. The Labute approximate surface area is 286 Å². The Kier molecular flexibility index (Phi) is 5.63. The molecule has 0 N–H and O–H groups in total. The Hall–Kier alpha value is -6.78. The number of fused-ring (bicyclic) bond motifs is 10. The average molecular weight is 642 g/mol. The minimum Gasteiger partial charge on any atom is -0.456 e. The minimum atomic E-state index is 0.846. The second-order valence-electron chi connectivity index (χ2n) is 12.9. The van der Waals surface area contributed by atoms with Gasteiger partial charge in [0.25, 0.3) is 0 Å². The molecule has 11 rings (SSSR count). The maximum atomic E-state index is 6.56. The topological polar surface area (TPSA) is 42.7 Å². The first-order valence-electron chi connectivity index (χ1n) is 16.8. The maximum absolute atomic E-state index is 6.56. The summed E-state index contributed by atoms with van der Waals surface area (Å²) in [6, 6.07) is 57.2. The van der Waals surface area contributed by atoms with Crippen molar-refractivity contribution in [3.8, 4) is 11.1 Å². The van der Waals surface area contributed by atoms with Gasteiger partial charge in [-0.25, -0.2) is 0 Å². The number of benzene rings is 8. The lowest BCUT2D eigenvalue weighted by atomic mass is 9.95. The summed E-state index contributed by atoms with van der Waals surface area (Å²) in [4.78, 5) is 2.27. The number of anilines is 3. The number of hydrogen-bond donors (Lipinski definition) is 0. The monoisotopic (exact) mass is 641 g/mol. The number of nitrogens with zero attached hydrogens (tertiary/aromatic N) is 1. The van der Waals surface area contributed by atoms with Crippen LogP contribution in [-0.2, 0) is 0 Å². The summed E-state index contributed by atoms with van der Waals surface area (Å²) < 4.78 is 19.3. The molecule has 3 aromatic heterocycles. The van der Waals surface area contributed by atoms with Gasteiger partial charge in [0.1, 0.15) is 33.5 Å². The van der Waals surface area contributed by atoms with Gasteiger partial charge < -0.3 is 18.2 Å². The summed E-state index contributed by atoms with van der Waals surface area (Å²) in [5.74, 6) is 0. The fraction of sp³-hybridized carbons (Fsp3) is 0. The maximum Gasteiger partial charge on any atom is 0.143 e. The van der Waals surface area contributed by atoms with Crippen LogP contribution in [0, 0.1) is 0 Å². The van der Waals surface area contributed by atoms with E-state index in [0.717, 1.165) is 99.4 Å². The number of rotatable bonds is 4. The van der Waals surface area contributed by atoms with Crippen molar-refractivity contribution in [2.75, 3.05) is 4.90 Å². The van der Waals surface area contributed by atoms with E-state index in [-0.39, 0.29) is 0 Å². The lowest BCUT2D eigenvalue weighted by molar-refractivity contribution is 0.669. The van der Waals surface area contributed by atoms with E-state index < -0.39 is 0 Å². The van der Waals surface area contributed by atoms with Gasteiger partial charge in [-0.15, -0.1) is 0 Å². The highest BCUT2D eigenvalue weighted by Gasteiger charge is 2.20. The van der Waals surface area contributed by atoms with Crippen LogP contribution in [0.1, 0.15) is 0 Å². The molecule has 0 unspecified atom stereocenters. The second kappa shape index (κ2) is 10.4. The van der Waals surface area contributed by atoms with Gasteiger partial charge in [-0.2, -0.15) is 0 Å². The number of para-hydroxylation sites is 3. The van der Waals surface area contributed by atoms with Crippen molar-refractivity contribution < 1.29 is 13.3 Å². The zero-order valence-corrected chi connectivity index (χ0v) is 26.8. The Bertz CT molecular complexity index is 2990. The summed E-state index contributed by atoms with van der Waals surface area (Å²) in [5, 5.41) is 9.01. The van der Waals surface area contributed by atoms with Crippen LogP contribution in [0.25, 0.3) is 87.7 Å². The lowest BCUT2D eigenvalue weighted by Crippen LogP contribution is -2.09. The summed E-state index contributed by atoms with van der Waals surface area (Å²) in [6.07, 6.45) is 0. The predicted molar refractivity (Wildman–Crippen MR) is 206 cm³/mol. The molecule has 0 amide bonds. The predicted octanol–water partition coefficient (Wildman–Crippen LogP) is 13.7. The molecule has 0 fully saturated rings. The molecule has 8 aromatic carbocycles. The summed E-state index contributed by atoms with van der Waals surface area (Å²) in [6.45, 7) is 0. The van der Waals surface area contributed by atoms with E-state index in [2.05, 4.69) is 132 Å². The molecule has 11 aromatic rings. The van der Waals surface area contributed by atoms with Gasteiger partial charge in [0, 0.05) is 67.1 Å². The third kappa shape index (κ3) is 3.99. The van der Waals surface area contributed by atoms with Gasteiger partial charge >= 0.3 is 0 Å². The molecule has 50 heavy (non-hydrogen) atoms. The van der Waals surface area contributed by atoms with E-state index >= 15 is 0 Å². The minimum absolute atomic E-state index is 0.846. The fourth-order valence-electron chi connectivity index (χ4n) is 7.74. The van der Waals surface area contributed by atoms with Gasteiger partial charge in [-0.3, -0.25) is 0 Å². The van der Waals surface area contributed by atoms with Crippen molar-refractivity contribution in [1.82, 2.24) is 0 Å². The molecule has 3 heterocycles. The van der Waals surface area contributed by atoms with E-state index in [1.807, 2.05) is 36.4 Å². The Morgan fingerprint density at radius 3 is 1.38 bits per heavy atom. The number of furan rings is 3. The SMILES string of the molecule is c1ccc2c(-c3ccc(N(c4ccc5c(c4)oc4ccccc45)c4ccc5c(c4)oc4ccccc45)cc3)c3oc4ccccc4c3cc2c1. The first-order valence-corrected chi connectivity index (χ1v) is 16.8. The molecule has 0 aliphatic rings. The standard InChI is InChI=1S/C46H27NO3/c1-2-10-33-29(9-1)25-39-36-13-5-8-16-42(36)50-46(39)45(33)28-17-19-30(20-18-28)47(31-21-23-37-34-11-3-6-14-40(34)48-43(37)26-31)32-22-24-38-35-12-4-7-15-41(35)49-44(38)27-32/h1-27H. The third-order valence-corrected chi connectivity index (χ3v) is 10.0. The first-order chi connectivity index (χ1) is 24.8. The Morgan fingerprint density at radius 2 is 0.780 bits per heavy atom. The molecular formula is C46H27NO3. The van der Waals surface area contributed by atoms with Gasteiger partial charge in [-0.1, -0.05) is 91.0 Å². The molecule has 234 valence electrons. The molecule has 4 heteroatoms. The van der Waals surface area contributed by atoms with E-state index in [9.17, 15) is 0 Å². The molecule has 0 radical (unpaired) electrons. The average Bonchev–Trinajstić information content (AvgIpc) is 3.85. The van der Waals surface area contributed by atoms with Crippen LogP contribution in [0.2, 0.25) is 0 Å². The Balaban J connectivity index is 1.11. The van der Waals surface area contributed by atoms with Crippen LogP contribution in [0.3, 0.4) is 0 Å². The first kappa shape index (κ1) is 27.2. The van der Waals surface area contributed by atoms with Crippen LogP contribution < -0.4 is 4.90 Å². The summed E-state index contributed by atoms with van der Waals surface area (Å²) in [7, 11) is 0. The molecule has 0 atom stereocenters. The van der Waals surface area contributed by atoms with Crippen LogP contribution >= 0.6 is 0 Å². The highest BCUT2D eigenvalue weighted by Crippen LogP contribution is 2.44. The van der Waals surface area contributed by atoms with E-state index in [4.69, 9.17) is 13.3 Å². The molecule has 0 saturated carbocycles. The molecule has 4 nitrogen and oxygen atoms in total. The summed E-state index contributed by atoms with van der Waals surface area (Å²) in [5.41, 5.74) is 10.4. The van der Waals surface area contributed by atoms with Crippen LogP contribution in [-0.4, -0.2) is 0 Å². The molecule has 0 aliphatic carbocycles. The van der Waals surface area contributed by atoms with Crippen molar-refractivity contribution >= 4 is 93.7 Å². The van der Waals surface area contributed by atoms with Crippen LogP contribution in [0.5, 0.6) is 0 Å². The molecule has 0 spiro atoms. The van der Waals surface area contributed by atoms with Gasteiger partial charge in [0.05, 0.1) is 0 Å². The number of hydrogen-bond acceptors (Lipinski definition) is 4. The molecular weight excluding hydrogens is 615 g/mol. The van der Waals surface area contributed by atoms with E-state index in [0.29, 0.717) is 0 Å². The third-order valence-electron chi connectivity index (χ3n) is 10.0. The van der Waals surface area contributed by atoms with Crippen molar-refractivity contribution in [2.24, 2.45) is 0 Å². The van der Waals surface area contributed by atoms with Crippen molar-refractivity contribution in [2.45, 2.75) is 0 Å². The second-order valence-corrected chi connectivity index (χ2v) is 12.9. The van der Waals surface area contributed by atoms with Gasteiger partial charge in [-0.05, 0) is 77.0 Å². The van der Waals surface area contributed by atoms with E-state index in [1.54, 1.807) is 0 Å². The zero-order chi connectivity index (χ0) is 32.8.